The number of hydrogen-bond acceptors (Lipinski definition) is 5. The van der Waals surface area contributed by atoms with Gasteiger partial charge in [0, 0.05) is 13.0 Å². The molecule has 3 atom stereocenters. The molecule has 29 heavy (non-hydrogen) atoms. The van der Waals surface area contributed by atoms with Crippen molar-refractivity contribution in [3.05, 3.63) is 28.3 Å². The van der Waals surface area contributed by atoms with E-state index in [1.165, 1.54) is 11.0 Å². The number of anilines is 1. The number of hydrogen-bond donors (Lipinski definition) is 0. The number of nitriles is 1. The van der Waals surface area contributed by atoms with E-state index >= 15 is 0 Å². The number of benzene rings is 1. The molecule has 3 fully saturated rings. The monoisotopic (exact) mass is 412 g/mol. The fraction of sp³-hybridized carbons (Fsp3) is 0.400. The zero-order valence-electron chi connectivity index (χ0n) is 15.6. The Bertz CT molecular complexity index is 1010. The van der Waals surface area contributed by atoms with Gasteiger partial charge < -0.3 is 14.5 Å². The van der Waals surface area contributed by atoms with E-state index in [-0.39, 0.29) is 23.2 Å². The number of piperazine rings is 1. The number of carbonyl (C=O) groups excluding carboxylic acids is 3. The van der Waals surface area contributed by atoms with Crippen molar-refractivity contribution in [1.82, 2.24) is 9.80 Å². The zero-order chi connectivity index (χ0) is 20.9. The van der Waals surface area contributed by atoms with Crippen molar-refractivity contribution < 1.29 is 19.1 Å². The van der Waals surface area contributed by atoms with E-state index < -0.39 is 30.1 Å². The number of rotatable bonds is 3. The smallest absolute Gasteiger partial charge is 0.410 e. The lowest BCUT2D eigenvalue weighted by Crippen LogP contribution is -2.55. The van der Waals surface area contributed by atoms with Gasteiger partial charge in [-0.2, -0.15) is 5.26 Å². The van der Waals surface area contributed by atoms with E-state index in [1.807, 2.05) is 6.07 Å². The number of halogens is 1. The molecule has 1 aromatic carbocycles. The van der Waals surface area contributed by atoms with Crippen LogP contribution in [-0.4, -0.2) is 59.1 Å². The molecule has 1 aromatic rings. The highest BCUT2D eigenvalue weighted by atomic mass is 35.5. The first-order valence-electron chi connectivity index (χ1n) is 9.13. The first-order valence-corrected chi connectivity index (χ1v) is 9.50. The second-order valence-electron chi connectivity index (χ2n) is 7.17. The van der Waals surface area contributed by atoms with E-state index in [1.54, 1.807) is 17.9 Å². The van der Waals surface area contributed by atoms with E-state index in [9.17, 15) is 14.4 Å². The molecule has 4 rings (SSSR count). The van der Waals surface area contributed by atoms with Gasteiger partial charge in [0.25, 0.3) is 5.91 Å². The van der Waals surface area contributed by atoms with Crippen LogP contribution in [0.2, 0.25) is 5.02 Å². The van der Waals surface area contributed by atoms with Crippen molar-refractivity contribution in [3.8, 4) is 18.4 Å². The van der Waals surface area contributed by atoms with Gasteiger partial charge in [-0.05, 0) is 31.0 Å². The maximum Gasteiger partial charge on any atom is 0.410 e. The third-order valence-electron chi connectivity index (χ3n) is 5.69. The fourth-order valence-corrected chi connectivity index (χ4v) is 4.57. The first-order chi connectivity index (χ1) is 13.9. The van der Waals surface area contributed by atoms with Gasteiger partial charge in [0.1, 0.15) is 18.7 Å². The van der Waals surface area contributed by atoms with E-state index in [4.69, 9.17) is 28.0 Å². The number of terminal acetylenes is 1. The SMILES string of the molecule is C#CCCOC(=O)N1CC2CC1[C@H]1C(=O)N(c3ccc(C#N)c(Cl)c3C)C(=O)N21. The minimum atomic E-state index is -0.754. The van der Waals surface area contributed by atoms with Crippen LogP contribution in [0.4, 0.5) is 15.3 Å². The number of fused-ring (bicyclic) bond motifs is 5. The number of imide groups is 1. The lowest BCUT2D eigenvalue weighted by molar-refractivity contribution is -0.121. The Morgan fingerprint density at radius 2 is 2.17 bits per heavy atom. The van der Waals surface area contributed by atoms with E-state index in [2.05, 4.69) is 5.92 Å². The van der Waals surface area contributed by atoms with Gasteiger partial charge in [-0.3, -0.25) is 4.79 Å². The second-order valence-corrected chi connectivity index (χ2v) is 7.55. The highest BCUT2D eigenvalue weighted by molar-refractivity contribution is 6.33. The summed E-state index contributed by atoms with van der Waals surface area (Å²) in [5.41, 5.74) is 1.10. The van der Waals surface area contributed by atoms with Crippen LogP contribution in [0.5, 0.6) is 0 Å². The molecule has 8 nitrogen and oxygen atoms in total. The molecule has 3 aliphatic heterocycles. The van der Waals surface area contributed by atoms with Crippen LogP contribution in [0.3, 0.4) is 0 Å². The molecule has 4 amide bonds. The lowest BCUT2D eigenvalue weighted by Gasteiger charge is -2.34. The molecule has 2 unspecified atom stereocenters. The van der Waals surface area contributed by atoms with Crippen molar-refractivity contribution >= 4 is 35.3 Å². The standard InChI is InChI=1S/C20H17ClN4O4/c1-3-4-7-29-20(28)23-10-13-8-15(23)17-18(26)25(19(27)24(13)17)14-6-5-12(9-22)16(21)11(14)2/h1,5-6,13,15,17H,4,7-8,10H2,2H3/t13?,15?,17-/m0/s1. The summed E-state index contributed by atoms with van der Waals surface area (Å²) >= 11 is 6.22. The molecule has 3 saturated heterocycles. The van der Waals surface area contributed by atoms with Crippen LogP contribution in [0.1, 0.15) is 24.0 Å². The van der Waals surface area contributed by atoms with Gasteiger partial charge in [0.15, 0.2) is 0 Å². The van der Waals surface area contributed by atoms with Crippen LogP contribution < -0.4 is 4.90 Å². The molecule has 0 saturated carbocycles. The number of nitrogens with zero attached hydrogens (tertiary/aromatic N) is 4. The van der Waals surface area contributed by atoms with Gasteiger partial charge in [-0.25, -0.2) is 14.5 Å². The molecule has 148 valence electrons. The Morgan fingerprint density at radius 1 is 1.41 bits per heavy atom. The maximum atomic E-state index is 13.2. The summed E-state index contributed by atoms with van der Waals surface area (Å²) in [7, 11) is 0. The molecular formula is C20H17ClN4O4. The Labute approximate surface area is 172 Å². The quantitative estimate of drug-likeness (QED) is 0.431. The van der Waals surface area contributed by atoms with Crippen molar-refractivity contribution in [2.24, 2.45) is 0 Å². The predicted octanol–water partition coefficient (Wildman–Crippen LogP) is 2.27. The third-order valence-corrected chi connectivity index (χ3v) is 6.18. The Balaban J connectivity index is 1.61. The zero-order valence-corrected chi connectivity index (χ0v) is 16.3. The fourth-order valence-electron chi connectivity index (χ4n) is 4.37. The number of likely N-dealkylation sites (tertiary alicyclic amines) is 1. The van der Waals surface area contributed by atoms with Crippen molar-refractivity contribution in [2.45, 2.75) is 37.9 Å². The molecular weight excluding hydrogens is 396 g/mol. The summed E-state index contributed by atoms with van der Waals surface area (Å²) in [6.45, 7) is 2.09. The van der Waals surface area contributed by atoms with Crippen LogP contribution in [-0.2, 0) is 9.53 Å². The second kappa shape index (κ2) is 6.98. The van der Waals surface area contributed by atoms with Crippen molar-refractivity contribution in [3.63, 3.8) is 0 Å². The maximum absolute atomic E-state index is 13.2. The number of carbonyl (C=O) groups is 3. The summed E-state index contributed by atoms with van der Waals surface area (Å²) in [6.07, 6.45) is 5.49. The summed E-state index contributed by atoms with van der Waals surface area (Å²) in [6, 6.07) is 3.14. The molecule has 9 heteroatoms. The molecule has 0 spiro atoms. The molecule has 2 bridgehead atoms. The largest absolute Gasteiger partial charge is 0.448 e. The van der Waals surface area contributed by atoms with E-state index in [0.29, 0.717) is 30.6 Å². The van der Waals surface area contributed by atoms with Crippen LogP contribution in [0.15, 0.2) is 12.1 Å². The minimum absolute atomic E-state index is 0.111. The van der Waals surface area contributed by atoms with Gasteiger partial charge in [0.2, 0.25) is 0 Å². The topological polar surface area (TPSA) is 94.0 Å². The van der Waals surface area contributed by atoms with Gasteiger partial charge in [0.05, 0.1) is 28.4 Å². The summed E-state index contributed by atoms with van der Waals surface area (Å²) in [5, 5.41) is 9.33. The van der Waals surface area contributed by atoms with Crippen molar-refractivity contribution in [1.29, 1.82) is 5.26 Å². The molecule has 3 aliphatic rings. The van der Waals surface area contributed by atoms with Gasteiger partial charge in [-0.15, -0.1) is 12.3 Å². The summed E-state index contributed by atoms with van der Waals surface area (Å²) in [4.78, 5) is 42.8. The number of ether oxygens (including phenoxy) is 1. The minimum Gasteiger partial charge on any atom is -0.448 e. The number of urea groups is 1. The molecule has 0 N–H and O–H groups in total. The van der Waals surface area contributed by atoms with Crippen LogP contribution >= 0.6 is 11.6 Å². The Hall–Kier alpha value is -3.23. The van der Waals surface area contributed by atoms with Crippen molar-refractivity contribution in [2.75, 3.05) is 18.1 Å². The van der Waals surface area contributed by atoms with Gasteiger partial charge >= 0.3 is 12.1 Å². The first kappa shape index (κ1) is 19.1. The molecule has 0 aliphatic carbocycles. The Morgan fingerprint density at radius 3 is 2.86 bits per heavy atom. The Kier molecular flexibility index (Phi) is 4.60. The predicted molar refractivity (Wildman–Crippen MR) is 103 cm³/mol. The van der Waals surface area contributed by atoms with E-state index in [0.717, 1.165) is 4.90 Å². The highest BCUT2D eigenvalue weighted by Gasteiger charge is 2.63. The lowest BCUT2D eigenvalue weighted by atomic mass is 10.1. The summed E-state index contributed by atoms with van der Waals surface area (Å²) < 4.78 is 5.17. The van der Waals surface area contributed by atoms with Crippen LogP contribution in [0, 0.1) is 30.6 Å². The number of amides is 4. The highest BCUT2D eigenvalue weighted by Crippen LogP contribution is 2.43. The average Bonchev–Trinajstić information content (AvgIpc) is 3.36. The molecule has 0 aromatic heterocycles. The van der Waals surface area contributed by atoms with Crippen LogP contribution in [0.25, 0.3) is 0 Å². The molecule has 3 heterocycles. The normalized spacial score (nSPS) is 24.6. The average molecular weight is 413 g/mol. The van der Waals surface area contributed by atoms with Gasteiger partial charge in [-0.1, -0.05) is 11.6 Å². The molecule has 0 radical (unpaired) electrons. The third kappa shape index (κ3) is 2.72. The summed E-state index contributed by atoms with van der Waals surface area (Å²) in [5.74, 6) is 1.99.